The number of alkyl carbamates (subject to hydrolysis) is 1. The summed E-state index contributed by atoms with van der Waals surface area (Å²) in [6, 6.07) is 8.89. The van der Waals surface area contributed by atoms with Crippen molar-refractivity contribution in [3.8, 4) is 0 Å². The molecular formula is C11H17ClN2O3. The van der Waals surface area contributed by atoms with E-state index in [-0.39, 0.29) is 32.2 Å². The predicted octanol–water partition coefficient (Wildman–Crippen LogP) is 0.654. The fourth-order valence-electron chi connectivity index (χ4n) is 1.11. The molecule has 5 nitrogen and oxygen atoms in total. The molecule has 0 spiro atoms. The number of carbonyl (C=O) groups excluding carboxylic acids is 1. The minimum atomic E-state index is -0.576. The van der Waals surface area contributed by atoms with Crippen molar-refractivity contribution in [3.05, 3.63) is 35.9 Å². The van der Waals surface area contributed by atoms with Gasteiger partial charge in [0.1, 0.15) is 6.61 Å². The van der Waals surface area contributed by atoms with Gasteiger partial charge in [-0.3, -0.25) is 0 Å². The van der Waals surface area contributed by atoms with E-state index in [0.29, 0.717) is 0 Å². The highest BCUT2D eigenvalue weighted by Crippen LogP contribution is 2.00. The van der Waals surface area contributed by atoms with E-state index in [1.807, 2.05) is 30.3 Å². The smallest absolute Gasteiger partial charge is 0.407 e. The van der Waals surface area contributed by atoms with E-state index >= 15 is 0 Å². The highest BCUT2D eigenvalue weighted by molar-refractivity contribution is 5.85. The van der Waals surface area contributed by atoms with Gasteiger partial charge in [-0.1, -0.05) is 30.3 Å². The molecule has 1 aromatic carbocycles. The number of benzene rings is 1. The van der Waals surface area contributed by atoms with Gasteiger partial charge in [-0.2, -0.15) is 0 Å². The summed E-state index contributed by atoms with van der Waals surface area (Å²) in [5.41, 5.74) is 6.22. The zero-order chi connectivity index (χ0) is 11.8. The Bertz CT molecular complexity index is 318. The van der Waals surface area contributed by atoms with Gasteiger partial charge >= 0.3 is 6.09 Å². The van der Waals surface area contributed by atoms with Crippen molar-refractivity contribution in [2.75, 3.05) is 13.2 Å². The Kier molecular flexibility index (Phi) is 8.13. The van der Waals surface area contributed by atoms with Gasteiger partial charge in [-0.05, 0) is 5.56 Å². The van der Waals surface area contributed by atoms with Crippen LogP contribution in [-0.2, 0) is 11.3 Å². The normalized spacial score (nSPS) is 11.2. The van der Waals surface area contributed by atoms with Crippen LogP contribution < -0.4 is 11.1 Å². The molecule has 0 saturated carbocycles. The number of amides is 1. The van der Waals surface area contributed by atoms with E-state index in [1.54, 1.807) is 0 Å². The number of aliphatic hydroxyl groups excluding tert-OH is 1. The van der Waals surface area contributed by atoms with Gasteiger partial charge in [0.25, 0.3) is 0 Å². The van der Waals surface area contributed by atoms with Crippen molar-refractivity contribution in [1.82, 2.24) is 5.32 Å². The maximum atomic E-state index is 11.2. The third-order valence-electron chi connectivity index (χ3n) is 2.04. The molecule has 0 aliphatic carbocycles. The van der Waals surface area contributed by atoms with Gasteiger partial charge in [0.15, 0.2) is 0 Å². The van der Waals surface area contributed by atoms with Crippen LogP contribution in [0.15, 0.2) is 30.3 Å². The monoisotopic (exact) mass is 260 g/mol. The highest BCUT2D eigenvalue weighted by Gasteiger charge is 2.09. The molecule has 0 aliphatic heterocycles. The molecule has 4 N–H and O–H groups in total. The maximum Gasteiger partial charge on any atom is 0.407 e. The maximum absolute atomic E-state index is 11.2. The Balaban J connectivity index is 0.00000256. The van der Waals surface area contributed by atoms with Gasteiger partial charge in [0.05, 0.1) is 12.6 Å². The molecule has 17 heavy (non-hydrogen) atoms. The van der Waals surface area contributed by atoms with Crippen molar-refractivity contribution in [1.29, 1.82) is 0 Å². The number of aliphatic hydroxyl groups is 1. The summed E-state index contributed by atoms with van der Waals surface area (Å²) < 4.78 is 4.95. The lowest BCUT2D eigenvalue weighted by Crippen LogP contribution is -2.42. The first-order chi connectivity index (χ1) is 7.76. The number of rotatable bonds is 5. The first-order valence-electron chi connectivity index (χ1n) is 5.04. The Morgan fingerprint density at radius 3 is 2.59 bits per heavy atom. The molecule has 1 rings (SSSR count). The molecule has 6 heteroatoms. The molecule has 0 aliphatic rings. The average Bonchev–Trinajstić information content (AvgIpc) is 2.34. The Hall–Kier alpha value is -1.30. The van der Waals surface area contributed by atoms with Crippen LogP contribution in [0, 0.1) is 0 Å². The molecule has 0 saturated heterocycles. The van der Waals surface area contributed by atoms with E-state index in [4.69, 9.17) is 15.6 Å². The molecule has 1 aromatic rings. The zero-order valence-electron chi connectivity index (χ0n) is 9.33. The van der Waals surface area contributed by atoms with Crippen molar-refractivity contribution >= 4 is 18.5 Å². The summed E-state index contributed by atoms with van der Waals surface area (Å²) in [6.45, 7) is 0.184. The van der Waals surface area contributed by atoms with Gasteiger partial charge in [-0.15, -0.1) is 12.4 Å². The number of nitrogens with one attached hydrogen (secondary N) is 1. The quantitative estimate of drug-likeness (QED) is 0.726. The second-order valence-corrected chi connectivity index (χ2v) is 3.32. The summed E-state index contributed by atoms with van der Waals surface area (Å²) >= 11 is 0. The summed E-state index contributed by atoms with van der Waals surface area (Å²) in [5.74, 6) is 0. The highest BCUT2D eigenvalue weighted by atomic mass is 35.5. The van der Waals surface area contributed by atoms with Crippen molar-refractivity contribution in [3.63, 3.8) is 0 Å². The molecule has 0 fully saturated rings. The molecule has 0 heterocycles. The van der Waals surface area contributed by atoms with Crippen molar-refractivity contribution in [2.45, 2.75) is 12.6 Å². The largest absolute Gasteiger partial charge is 0.445 e. The Morgan fingerprint density at radius 2 is 2.06 bits per heavy atom. The fraction of sp³-hybridized carbons (Fsp3) is 0.364. The zero-order valence-corrected chi connectivity index (χ0v) is 10.2. The third kappa shape index (κ3) is 6.11. The predicted molar refractivity (Wildman–Crippen MR) is 66.9 cm³/mol. The lowest BCUT2D eigenvalue weighted by molar-refractivity contribution is 0.130. The third-order valence-corrected chi connectivity index (χ3v) is 2.04. The van der Waals surface area contributed by atoms with E-state index in [0.717, 1.165) is 5.56 Å². The minimum absolute atomic E-state index is 0. The molecule has 1 unspecified atom stereocenters. The number of halogens is 1. The van der Waals surface area contributed by atoms with Crippen molar-refractivity contribution < 1.29 is 14.6 Å². The van der Waals surface area contributed by atoms with Gasteiger partial charge in [0.2, 0.25) is 0 Å². The topological polar surface area (TPSA) is 84.6 Å². The minimum Gasteiger partial charge on any atom is -0.445 e. The number of nitrogens with two attached hydrogens (primary N) is 1. The number of hydrogen-bond donors (Lipinski definition) is 3. The summed E-state index contributed by atoms with van der Waals surface area (Å²) in [7, 11) is 0. The molecule has 96 valence electrons. The lowest BCUT2D eigenvalue weighted by Gasteiger charge is -2.13. The van der Waals surface area contributed by atoms with Crippen molar-refractivity contribution in [2.24, 2.45) is 5.73 Å². The molecule has 1 atom stereocenters. The summed E-state index contributed by atoms with van der Waals surface area (Å²) in [5, 5.41) is 11.3. The van der Waals surface area contributed by atoms with Crippen LogP contribution in [-0.4, -0.2) is 30.4 Å². The summed E-state index contributed by atoms with van der Waals surface area (Å²) in [6.07, 6.45) is -0.576. The number of ether oxygens (including phenoxy) is 1. The van der Waals surface area contributed by atoms with Crippen LogP contribution in [0.2, 0.25) is 0 Å². The van der Waals surface area contributed by atoms with Crippen LogP contribution in [0.25, 0.3) is 0 Å². The molecule has 0 radical (unpaired) electrons. The van der Waals surface area contributed by atoms with Gasteiger partial charge in [0, 0.05) is 6.54 Å². The van der Waals surface area contributed by atoms with E-state index < -0.39 is 12.1 Å². The van der Waals surface area contributed by atoms with Gasteiger partial charge in [-0.25, -0.2) is 4.79 Å². The summed E-state index contributed by atoms with van der Waals surface area (Å²) in [4.78, 5) is 11.2. The second-order valence-electron chi connectivity index (χ2n) is 3.32. The molecule has 0 bridgehead atoms. The Labute approximate surface area is 106 Å². The molecular weight excluding hydrogens is 244 g/mol. The molecule has 0 aromatic heterocycles. The van der Waals surface area contributed by atoms with E-state index in [2.05, 4.69) is 5.32 Å². The van der Waals surface area contributed by atoms with E-state index in [9.17, 15) is 4.79 Å². The number of hydrogen-bond acceptors (Lipinski definition) is 4. The van der Waals surface area contributed by atoms with Gasteiger partial charge < -0.3 is 20.9 Å². The molecule has 1 amide bonds. The lowest BCUT2D eigenvalue weighted by atomic mass is 10.2. The number of carbonyl (C=O) groups is 1. The SMILES string of the molecule is Cl.NCC(CO)NC(=O)OCc1ccccc1. The fourth-order valence-corrected chi connectivity index (χ4v) is 1.11. The first-order valence-corrected chi connectivity index (χ1v) is 5.04. The van der Waals surface area contributed by atoms with Crippen LogP contribution in [0.5, 0.6) is 0 Å². The van der Waals surface area contributed by atoms with Crippen LogP contribution >= 0.6 is 12.4 Å². The van der Waals surface area contributed by atoms with Crippen LogP contribution in [0.4, 0.5) is 4.79 Å². The standard InChI is InChI=1S/C11H16N2O3.ClH/c12-6-10(7-14)13-11(15)16-8-9-4-2-1-3-5-9;/h1-5,10,14H,6-8,12H2,(H,13,15);1H. The average molecular weight is 261 g/mol. The van der Waals surface area contributed by atoms with Crippen LogP contribution in [0.1, 0.15) is 5.56 Å². The van der Waals surface area contributed by atoms with E-state index in [1.165, 1.54) is 0 Å². The first kappa shape index (κ1) is 15.7. The Morgan fingerprint density at radius 1 is 1.41 bits per heavy atom. The second kappa shape index (κ2) is 8.81. The van der Waals surface area contributed by atoms with Crippen LogP contribution in [0.3, 0.4) is 0 Å².